The highest BCUT2D eigenvalue weighted by molar-refractivity contribution is 5.96. The molecular weight excluding hydrogens is 871 g/mol. The summed E-state index contributed by atoms with van der Waals surface area (Å²) in [6.45, 7) is 15.6. The largest absolute Gasteiger partial charge is 0.467 e. The minimum atomic E-state index is -0.859. The van der Waals surface area contributed by atoms with Gasteiger partial charge < -0.3 is 29.6 Å². The van der Waals surface area contributed by atoms with Crippen LogP contribution in [0.4, 0.5) is 9.59 Å². The van der Waals surface area contributed by atoms with Gasteiger partial charge in [-0.1, -0.05) is 68.1 Å². The van der Waals surface area contributed by atoms with E-state index in [0.29, 0.717) is 25.2 Å². The Morgan fingerprint density at radius 1 is 0.662 bits per heavy atom. The number of hydrogen-bond acceptors (Lipinski definition) is 13. The average molecular weight is 946 g/mol. The number of methoxy groups -OCH3 is 2. The van der Waals surface area contributed by atoms with Gasteiger partial charge in [-0.15, -0.1) is 0 Å². The molecule has 6 fully saturated rings. The number of rotatable bonds is 5. The lowest BCUT2D eigenvalue weighted by Gasteiger charge is -2.44. The summed E-state index contributed by atoms with van der Waals surface area (Å²) in [6.07, 6.45) is 5.06. The molecule has 8 rings (SSSR count). The topological polar surface area (TPSA) is 190 Å². The zero-order valence-electron chi connectivity index (χ0n) is 40.6. The lowest BCUT2D eigenvalue weighted by atomic mass is 9.68. The Kier molecular flexibility index (Phi) is 17.6. The molecule has 1 saturated carbocycles. The van der Waals surface area contributed by atoms with E-state index in [-0.39, 0.29) is 60.8 Å². The number of ether oxygens (including phenoxy) is 4. The molecule has 2 unspecified atom stereocenters. The number of piperidine rings is 2. The molecule has 2 N–H and O–H groups in total. The first-order valence-corrected chi connectivity index (χ1v) is 23.7. The van der Waals surface area contributed by atoms with Crippen molar-refractivity contribution in [3.63, 3.8) is 0 Å². The molecule has 2 spiro atoms. The first kappa shape index (κ1) is 53.6. The minimum absolute atomic E-state index is 0. The maximum atomic E-state index is 12.8. The van der Waals surface area contributed by atoms with Gasteiger partial charge in [0, 0.05) is 43.3 Å². The summed E-state index contributed by atoms with van der Waals surface area (Å²) < 4.78 is 20.2. The van der Waals surface area contributed by atoms with Gasteiger partial charge >= 0.3 is 24.1 Å². The summed E-state index contributed by atoms with van der Waals surface area (Å²) >= 11 is 0. The molecule has 3 amide bonds. The minimum Gasteiger partial charge on any atom is -0.467 e. The second-order valence-electron chi connectivity index (χ2n) is 20.8. The maximum absolute atomic E-state index is 12.8. The lowest BCUT2D eigenvalue weighted by molar-refractivity contribution is -0.146. The Balaban J connectivity index is 0.000000208. The molecule has 374 valence electrons. The van der Waals surface area contributed by atoms with E-state index in [9.17, 15) is 33.6 Å². The fraction of sp³-hybridized carbons (Fsp3) is 0.635. The fourth-order valence-electron chi connectivity index (χ4n) is 10.9. The molecule has 5 heterocycles. The van der Waals surface area contributed by atoms with E-state index in [2.05, 4.69) is 44.5 Å². The number of hydrogen-bond donors (Lipinski definition) is 2. The predicted molar refractivity (Wildman–Crippen MR) is 256 cm³/mol. The SMILES string of the molecule is C.COC(=O)[C@@H]1CC(=O)CN1C(=O)OC(C)(C)C.COC(=O)[C@@H]1C[C@H](N2CCC3(CCC(=O)C3c3ccccc3)CC2)CN1C(=O)OC(C)(C)C.O=C1NCC2(CCNCC2)C1c1ccccc1. The van der Waals surface area contributed by atoms with Gasteiger partial charge in [0.05, 0.1) is 26.7 Å². The first-order valence-electron chi connectivity index (χ1n) is 23.7. The van der Waals surface area contributed by atoms with E-state index < -0.39 is 47.4 Å². The number of ketones is 2. The summed E-state index contributed by atoms with van der Waals surface area (Å²) in [5, 5.41) is 6.45. The number of carbonyl (C=O) groups excluding carboxylic acids is 7. The van der Waals surface area contributed by atoms with Crippen molar-refractivity contribution in [1.29, 1.82) is 0 Å². The summed E-state index contributed by atoms with van der Waals surface area (Å²) in [6, 6.07) is 19.0. The molecule has 0 aromatic heterocycles. The fourth-order valence-corrected chi connectivity index (χ4v) is 10.9. The van der Waals surface area contributed by atoms with Crippen molar-refractivity contribution in [2.45, 2.75) is 141 Å². The summed E-state index contributed by atoms with van der Waals surface area (Å²) in [4.78, 5) is 89.7. The Labute approximate surface area is 402 Å². The summed E-state index contributed by atoms with van der Waals surface area (Å²) in [5.74, 6) is -0.581. The van der Waals surface area contributed by atoms with Crippen LogP contribution in [0, 0.1) is 10.8 Å². The Morgan fingerprint density at radius 2 is 1.18 bits per heavy atom. The average Bonchev–Trinajstić information content (AvgIpc) is 4.07. The van der Waals surface area contributed by atoms with Crippen LogP contribution in [0.5, 0.6) is 0 Å². The normalized spacial score (nSPS) is 25.3. The van der Waals surface area contributed by atoms with E-state index in [1.165, 1.54) is 24.7 Å². The van der Waals surface area contributed by atoms with Crippen LogP contribution in [0.15, 0.2) is 60.7 Å². The Hall–Kier alpha value is -5.35. The predicted octanol–water partition coefficient (Wildman–Crippen LogP) is 6.41. The second kappa shape index (κ2) is 22.4. The zero-order valence-corrected chi connectivity index (χ0v) is 40.6. The van der Waals surface area contributed by atoms with Crippen LogP contribution in [-0.4, -0.2) is 146 Å². The van der Waals surface area contributed by atoms with Gasteiger partial charge in [-0.3, -0.25) is 29.1 Å². The van der Waals surface area contributed by atoms with Crippen molar-refractivity contribution >= 4 is 41.6 Å². The number of nitrogens with zero attached hydrogens (tertiary/aromatic N) is 3. The third-order valence-corrected chi connectivity index (χ3v) is 14.1. The van der Waals surface area contributed by atoms with Crippen molar-refractivity contribution in [2.24, 2.45) is 10.8 Å². The monoisotopic (exact) mass is 946 g/mol. The molecule has 1 aliphatic carbocycles. The van der Waals surface area contributed by atoms with Crippen molar-refractivity contribution in [2.75, 3.05) is 60.0 Å². The van der Waals surface area contributed by atoms with Crippen LogP contribution in [-0.2, 0) is 42.9 Å². The van der Waals surface area contributed by atoms with Crippen molar-refractivity contribution < 1.29 is 52.5 Å². The van der Waals surface area contributed by atoms with Crippen LogP contribution in [0.25, 0.3) is 0 Å². The molecule has 68 heavy (non-hydrogen) atoms. The molecule has 5 atom stereocenters. The van der Waals surface area contributed by atoms with E-state index in [1.807, 2.05) is 57.2 Å². The van der Waals surface area contributed by atoms with Gasteiger partial charge in [-0.05, 0) is 123 Å². The molecule has 5 saturated heterocycles. The standard InChI is InChI=1S/C26H36N2O5.C14H18N2O.C11H17NO5.CH4/c1-25(2,3)33-24(31)28-17-19(16-20(28)23(30)32-4)27-14-12-26(13-15-27)11-10-21(29)22(26)18-8-6-5-7-9-18;17-13-12(11-4-2-1-3-5-11)14(10-16-13)6-8-15-9-7-14;1-11(2,3)17-10(15)12-6-7(13)5-8(12)9(14)16-4;/h5-9,19-20,22H,10-17H2,1-4H3;1-5,12,15H,6-10H2,(H,16,17);8H,5-6H2,1-4H3;1H4/t19-,20-,22?;;8-;/m0.0./s1. The smallest absolute Gasteiger partial charge is 0.411 e. The van der Waals surface area contributed by atoms with Crippen molar-refractivity contribution in [1.82, 2.24) is 25.3 Å². The second-order valence-corrected chi connectivity index (χ2v) is 20.8. The molecule has 16 heteroatoms. The highest BCUT2D eigenvalue weighted by Gasteiger charge is 2.52. The molecular formula is C52H75N5O11. The summed E-state index contributed by atoms with van der Waals surface area (Å²) in [5.41, 5.74) is 1.17. The number of likely N-dealkylation sites (tertiary alicyclic amines) is 3. The van der Waals surface area contributed by atoms with Gasteiger partial charge in [0.25, 0.3) is 0 Å². The Bertz CT molecular complexity index is 2090. The number of carbonyl (C=O) groups is 7. The highest BCUT2D eigenvalue weighted by atomic mass is 16.6. The molecule has 2 aromatic carbocycles. The number of benzene rings is 2. The molecule has 0 bridgehead atoms. The van der Waals surface area contributed by atoms with E-state index in [4.69, 9.17) is 14.2 Å². The summed E-state index contributed by atoms with van der Waals surface area (Å²) in [7, 11) is 2.58. The van der Waals surface area contributed by atoms with Crippen LogP contribution in [0.1, 0.15) is 123 Å². The number of nitrogens with one attached hydrogen (secondary N) is 2. The maximum Gasteiger partial charge on any atom is 0.411 e. The Morgan fingerprint density at radius 3 is 1.71 bits per heavy atom. The number of Topliss-reactive ketones (excluding diaryl/α,β-unsaturated/α-hetero) is 2. The molecule has 2 aromatic rings. The van der Waals surface area contributed by atoms with Crippen LogP contribution in [0.3, 0.4) is 0 Å². The van der Waals surface area contributed by atoms with E-state index in [0.717, 1.165) is 75.3 Å². The third kappa shape index (κ3) is 12.6. The van der Waals surface area contributed by atoms with E-state index >= 15 is 0 Å². The van der Waals surface area contributed by atoms with Gasteiger partial charge in [-0.2, -0.15) is 0 Å². The third-order valence-electron chi connectivity index (χ3n) is 14.1. The molecule has 0 radical (unpaired) electrons. The van der Waals surface area contributed by atoms with Gasteiger partial charge in [0.2, 0.25) is 5.91 Å². The van der Waals surface area contributed by atoms with Crippen molar-refractivity contribution in [3.05, 3.63) is 71.8 Å². The number of esters is 2. The highest BCUT2D eigenvalue weighted by Crippen LogP contribution is 2.54. The van der Waals surface area contributed by atoms with Gasteiger partial charge in [-0.25, -0.2) is 19.2 Å². The van der Waals surface area contributed by atoms with Crippen LogP contribution >= 0.6 is 0 Å². The lowest BCUT2D eigenvalue weighted by Crippen LogP contribution is -2.48. The van der Waals surface area contributed by atoms with E-state index in [1.54, 1.807) is 20.8 Å². The van der Waals surface area contributed by atoms with Gasteiger partial charge in [0.1, 0.15) is 29.1 Å². The number of amides is 3. The van der Waals surface area contributed by atoms with Crippen LogP contribution in [0.2, 0.25) is 0 Å². The molecule has 6 aliphatic rings. The van der Waals surface area contributed by atoms with Gasteiger partial charge in [0.15, 0.2) is 5.78 Å². The molecule has 5 aliphatic heterocycles. The first-order chi connectivity index (χ1) is 31.7. The quantitative estimate of drug-likeness (QED) is 0.247. The van der Waals surface area contributed by atoms with Crippen molar-refractivity contribution in [3.8, 4) is 0 Å². The molecule has 16 nitrogen and oxygen atoms in total. The zero-order chi connectivity index (χ0) is 48.7. The van der Waals surface area contributed by atoms with Crippen LogP contribution < -0.4 is 10.6 Å².